The Morgan fingerprint density at radius 1 is 1.00 bits per heavy atom. The summed E-state index contributed by atoms with van der Waals surface area (Å²) in [6, 6.07) is 0. The molecule has 0 amide bonds. The fourth-order valence-electron chi connectivity index (χ4n) is 1.11. The van der Waals surface area contributed by atoms with E-state index in [9.17, 15) is 4.79 Å². The van der Waals surface area contributed by atoms with Gasteiger partial charge >= 0.3 is 109 Å². The van der Waals surface area contributed by atoms with E-state index in [1.807, 2.05) is 0 Å². The second kappa shape index (κ2) is 25.4. The quantitative estimate of drug-likeness (QED) is 0.179. The molecule has 0 heterocycles. The van der Waals surface area contributed by atoms with Gasteiger partial charge in [0.15, 0.2) is 0 Å². The van der Waals surface area contributed by atoms with Gasteiger partial charge in [-0.05, 0) is 12.6 Å². The van der Waals surface area contributed by atoms with E-state index in [2.05, 4.69) is 22.9 Å². The normalized spacial score (nSPS) is 8.11. The molecular formula is C11H19BrK2O5. The maximum Gasteiger partial charge on any atom is 1.00 e. The van der Waals surface area contributed by atoms with Gasteiger partial charge in [-0.1, -0.05) is 55.0 Å². The van der Waals surface area contributed by atoms with Crippen LogP contribution < -0.4 is 113 Å². The van der Waals surface area contributed by atoms with Crippen LogP contribution in [0.4, 0.5) is 4.79 Å². The number of hydrogen-bond acceptors (Lipinski definition) is 5. The molecule has 5 nitrogen and oxygen atoms in total. The number of carboxylic acid groups (broad SMARTS) is 2. The Labute approximate surface area is 208 Å². The predicted molar refractivity (Wildman–Crippen MR) is 63.5 cm³/mol. The van der Waals surface area contributed by atoms with E-state index in [1.54, 1.807) is 0 Å². The van der Waals surface area contributed by atoms with Crippen molar-refractivity contribution in [3.8, 4) is 0 Å². The second-order valence-corrected chi connectivity index (χ2v) is 3.93. The fourth-order valence-corrected chi connectivity index (χ4v) is 1.27. The third kappa shape index (κ3) is 38.5. The predicted octanol–water partition coefficient (Wildman–Crippen LogP) is -5.15. The number of rotatable bonds is 8. The average Bonchev–Trinajstić information content (AvgIpc) is 2.26. The molecule has 0 fully saturated rings. The van der Waals surface area contributed by atoms with Crippen molar-refractivity contribution < 1.29 is 127 Å². The van der Waals surface area contributed by atoms with E-state index in [4.69, 9.17) is 19.7 Å². The minimum Gasteiger partial charge on any atom is -0.652 e. The number of unbranched alkanes of at least 4 members (excludes halogenated alkanes) is 5. The van der Waals surface area contributed by atoms with E-state index in [-0.39, 0.29) is 109 Å². The minimum atomic E-state index is -2.33. The molecule has 0 aromatic heterocycles. The fraction of sp³-hybridized carbons (Fsp3) is 0.818. The van der Waals surface area contributed by atoms with Gasteiger partial charge in [0.2, 0.25) is 0 Å². The summed E-state index contributed by atoms with van der Waals surface area (Å²) in [6.07, 6.45) is 5.01. The second-order valence-electron chi connectivity index (χ2n) is 3.37. The van der Waals surface area contributed by atoms with Crippen LogP contribution in [0.25, 0.3) is 0 Å². The summed E-state index contributed by atoms with van der Waals surface area (Å²) in [4.78, 5) is 19.0. The molecule has 0 unspecified atom stereocenters. The Balaban J connectivity index is -0.000000165. The first-order valence-electron chi connectivity index (χ1n) is 5.64. The zero-order valence-corrected chi connectivity index (χ0v) is 19.9. The number of hydrogen-bond donors (Lipinski definition) is 0. The molecule has 0 atom stereocenters. The minimum absolute atomic E-state index is 0. The Bertz CT molecular complexity index is 202. The van der Waals surface area contributed by atoms with Crippen LogP contribution in [0, 0.1) is 0 Å². The van der Waals surface area contributed by atoms with Crippen LogP contribution in [0.5, 0.6) is 0 Å². The van der Waals surface area contributed by atoms with Gasteiger partial charge < -0.3 is 19.7 Å². The Kier molecular flexibility index (Phi) is 39.5. The summed E-state index contributed by atoms with van der Waals surface area (Å²) in [5.41, 5.74) is 0. The first kappa shape index (κ1) is 29.5. The van der Waals surface area contributed by atoms with Crippen molar-refractivity contribution in [2.24, 2.45) is 0 Å². The van der Waals surface area contributed by atoms with Crippen LogP contribution in [0.3, 0.4) is 0 Å². The monoisotopic (exact) mass is 388 g/mol. The van der Waals surface area contributed by atoms with Gasteiger partial charge in [-0.25, -0.2) is 0 Å². The smallest absolute Gasteiger partial charge is 0.652 e. The van der Waals surface area contributed by atoms with Crippen molar-refractivity contribution in [3.05, 3.63) is 0 Å². The van der Waals surface area contributed by atoms with Crippen LogP contribution >= 0.6 is 15.9 Å². The van der Waals surface area contributed by atoms with E-state index >= 15 is 0 Å². The molecule has 0 saturated carbocycles. The van der Waals surface area contributed by atoms with Gasteiger partial charge in [0.1, 0.15) is 5.33 Å². The number of carbonyl (C=O) groups excluding carboxylic acids is 2. The SMILES string of the molecule is CCCCCCCCOC(=O)CBr.O=C([O-])[O-].[K+].[K+]. The summed E-state index contributed by atoms with van der Waals surface area (Å²) in [7, 11) is 0. The van der Waals surface area contributed by atoms with Gasteiger partial charge in [0.05, 0.1) is 6.61 Å². The van der Waals surface area contributed by atoms with Gasteiger partial charge in [0, 0.05) is 0 Å². The van der Waals surface area contributed by atoms with Gasteiger partial charge in [-0.2, -0.15) is 0 Å². The topological polar surface area (TPSA) is 89.5 Å². The molecule has 19 heavy (non-hydrogen) atoms. The third-order valence-corrected chi connectivity index (χ3v) is 2.33. The standard InChI is InChI=1S/C10H19BrO2.CH2O3.2K/c1-2-3-4-5-6-7-8-13-10(12)9-11;2-1(3)4;;/h2-9H2,1H3;(H2,2,3,4);;/q;;2*+1/p-2. The molecule has 0 spiro atoms. The molecule has 0 radical (unpaired) electrons. The first-order chi connectivity index (χ1) is 8.04. The summed E-state index contributed by atoms with van der Waals surface area (Å²) in [6.45, 7) is 2.79. The van der Waals surface area contributed by atoms with Crippen molar-refractivity contribution in [2.75, 3.05) is 11.9 Å². The molecule has 0 aromatic carbocycles. The first-order valence-corrected chi connectivity index (χ1v) is 6.76. The molecule has 0 saturated heterocycles. The summed E-state index contributed by atoms with van der Waals surface area (Å²) >= 11 is 3.04. The molecular weight excluding hydrogens is 370 g/mol. The van der Waals surface area contributed by atoms with Crippen molar-refractivity contribution in [1.82, 2.24) is 0 Å². The van der Waals surface area contributed by atoms with Crippen LogP contribution in [0.1, 0.15) is 45.4 Å². The number of carbonyl (C=O) groups is 2. The van der Waals surface area contributed by atoms with Crippen molar-refractivity contribution in [1.29, 1.82) is 0 Å². The van der Waals surface area contributed by atoms with Crippen LogP contribution in [-0.4, -0.2) is 24.1 Å². The Morgan fingerprint density at radius 2 is 1.42 bits per heavy atom. The van der Waals surface area contributed by atoms with Gasteiger partial charge in [-0.15, -0.1) is 0 Å². The van der Waals surface area contributed by atoms with Crippen molar-refractivity contribution >= 4 is 28.1 Å². The molecule has 0 aliphatic heterocycles. The molecule has 102 valence electrons. The molecule has 0 N–H and O–H groups in total. The van der Waals surface area contributed by atoms with E-state index in [0.717, 1.165) is 6.42 Å². The molecule has 0 rings (SSSR count). The number of esters is 1. The number of alkyl halides is 1. The summed E-state index contributed by atoms with van der Waals surface area (Å²) in [5, 5.41) is 17.0. The largest absolute Gasteiger partial charge is 1.00 e. The van der Waals surface area contributed by atoms with Crippen LogP contribution in [0.15, 0.2) is 0 Å². The third-order valence-electron chi connectivity index (χ3n) is 1.87. The molecule has 0 bridgehead atoms. The van der Waals surface area contributed by atoms with E-state index in [0.29, 0.717) is 11.9 Å². The zero-order valence-electron chi connectivity index (χ0n) is 12.1. The maximum absolute atomic E-state index is 10.7. The van der Waals surface area contributed by atoms with E-state index < -0.39 is 6.16 Å². The maximum atomic E-state index is 10.7. The van der Waals surface area contributed by atoms with Crippen molar-refractivity contribution in [3.63, 3.8) is 0 Å². The Hall–Kier alpha value is 2.49. The van der Waals surface area contributed by atoms with Crippen LogP contribution in [-0.2, 0) is 9.53 Å². The molecule has 8 heteroatoms. The van der Waals surface area contributed by atoms with Crippen LogP contribution in [0.2, 0.25) is 0 Å². The number of halogens is 1. The van der Waals surface area contributed by atoms with Gasteiger partial charge in [0.25, 0.3) is 0 Å². The average molecular weight is 389 g/mol. The zero-order chi connectivity index (χ0) is 13.5. The molecule has 0 aromatic rings. The molecule has 0 aliphatic carbocycles. The number of ether oxygens (including phenoxy) is 1. The van der Waals surface area contributed by atoms with Crippen molar-refractivity contribution in [2.45, 2.75) is 45.4 Å². The summed E-state index contributed by atoms with van der Waals surface area (Å²) in [5.74, 6) is -0.159. The Morgan fingerprint density at radius 3 is 1.84 bits per heavy atom. The van der Waals surface area contributed by atoms with Gasteiger partial charge in [-0.3, -0.25) is 4.79 Å². The van der Waals surface area contributed by atoms with E-state index in [1.165, 1.54) is 32.1 Å². The summed E-state index contributed by atoms with van der Waals surface area (Å²) < 4.78 is 4.91. The molecule has 0 aliphatic rings.